The van der Waals surface area contributed by atoms with Crippen molar-refractivity contribution in [2.24, 2.45) is 11.5 Å². The summed E-state index contributed by atoms with van der Waals surface area (Å²) in [5.74, 6) is -0.252. The third-order valence-corrected chi connectivity index (χ3v) is 1.92. The molecule has 0 saturated heterocycles. The highest BCUT2D eigenvalue weighted by Crippen LogP contribution is 2.07. The molecule has 0 aromatic rings. The fourth-order valence-electron chi connectivity index (χ4n) is 1.15. The van der Waals surface area contributed by atoms with Crippen molar-refractivity contribution in [2.75, 3.05) is 13.2 Å². The minimum Gasteiger partial charge on any atom is -0.448 e. The maximum Gasteiger partial charge on any atom is 0.404 e. The molecule has 15 heavy (non-hydrogen) atoms. The van der Waals surface area contributed by atoms with Crippen LogP contribution in [0.15, 0.2) is 0 Å². The number of nitrogens with one attached hydrogen (secondary N) is 1. The van der Waals surface area contributed by atoms with Gasteiger partial charge < -0.3 is 21.5 Å². The van der Waals surface area contributed by atoms with Crippen molar-refractivity contribution in [2.45, 2.75) is 32.2 Å². The maximum absolute atomic E-state index is 11.5. The second-order valence-electron chi connectivity index (χ2n) is 3.59. The van der Waals surface area contributed by atoms with Gasteiger partial charge >= 0.3 is 6.09 Å². The summed E-state index contributed by atoms with van der Waals surface area (Å²) in [5.41, 5.74) is 9.64. The Morgan fingerprint density at radius 3 is 2.53 bits per heavy atom. The Morgan fingerprint density at radius 1 is 1.47 bits per heavy atom. The molecule has 0 aliphatic rings. The van der Waals surface area contributed by atoms with E-state index in [2.05, 4.69) is 10.1 Å². The Kier molecular flexibility index (Phi) is 5.69. The minimum atomic E-state index is -0.874. The summed E-state index contributed by atoms with van der Waals surface area (Å²) in [5, 5.41) is 2.57. The Bertz CT molecular complexity index is 229. The number of carbonyl (C=O) groups is 2. The number of rotatable bonds is 6. The van der Waals surface area contributed by atoms with Crippen molar-refractivity contribution >= 4 is 12.0 Å². The van der Waals surface area contributed by atoms with Gasteiger partial charge in [0.2, 0.25) is 5.91 Å². The van der Waals surface area contributed by atoms with Gasteiger partial charge in [0.1, 0.15) is 6.61 Å². The molecule has 0 fully saturated rings. The number of ether oxygens (including phenoxy) is 1. The van der Waals surface area contributed by atoms with Gasteiger partial charge in [-0.05, 0) is 13.3 Å². The van der Waals surface area contributed by atoms with Crippen molar-refractivity contribution < 1.29 is 14.3 Å². The van der Waals surface area contributed by atoms with E-state index in [4.69, 9.17) is 11.5 Å². The molecule has 0 bridgehead atoms. The molecule has 0 rings (SSSR count). The molecule has 5 N–H and O–H groups in total. The highest BCUT2D eigenvalue weighted by atomic mass is 16.5. The fraction of sp³-hybridized carbons (Fsp3) is 0.778. The van der Waals surface area contributed by atoms with Crippen molar-refractivity contribution in [3.8, 4) is 0 Å². The van der Waals surface area contributed by atoms with Crippen LogP contribution in [0.2, 0.25) is 0 Å². The summed E-state index contributed by atoms with van der Waals surface area (Å²) in [6.07, 6.45) is 0.585. The lowest BCUT2D eigenvalue weighted by Gasteiger charge is -2.22. The van der Waals surface area contributed by atoms with Crippen LogP contribution in [0.4, 0.5) is 4.79 Å². The van der Waals surface area contributed by atoms with E-state index < -0.39 is 11.6 Å². The molecule has 88 valence electrons. The number of carbonyl (C=O) groups excluding carboxylic acids is 2. The van der Waals surface area contributed by atoms with E-state index in [0.717, 1.165) is 6.42 Å². The molecule has 0 spiro atoms. The number of hydrogen-bond donors (Lipinski definition) is 3. The third-order valence-electron chi connectivity index (χ3n) is 1.92. The maximum atomic E-state index is 11.5. The molecule has 2 amide bonds. The van der Waals surface area contributed by atoms with Crippen LogP contribution >= 0.6 is 0 Å². The molecule has 0 aliphatic heterocycles. The minimum absolute atomic E-state index is 0.0588. The van der Waals surface area contributed by atoms with E-state index in [-0.39, 0.29) is 19.1 Å². The van der Waals surface area contributed by atoms with Gasteiger partial charge in [0.15, 0.2) is 0 Å². The zero-order chi connectivity index (χ0) is 11.9. The number of primary amides is 1. The first kappa shape index (κ1) is 13.7. The fourth-order valence-corrected chi connectivity index (χ4v) is 1.15. The first-order chi connectivity index (χ1) is 6.90. The van der Waals surface area contributed by atoms with E-state index in [1.807, 2.05) is 6.92 Å². The molecule has 0 aliphatic carbocycles. The van der Waals surface area contributed by atoms with E-state index in [0.29, 0.717) is 6.42 Å². The third kappa shape index (κ3) is 5.90. The topological polar surface area (TPSA) is 107 Å². The Balaban J connectivity index is 3.78. The summed E-state index contributed by atoms with van der Waals surface area (Å²) in [6.45, 7) is 3.90. The van der Waals surface area contributed by atoms with Crippen LogP contribution in [0, 0.1) is 0 Å². The zero-order valence-electron chi connectivity index (χ0n) is 9.21. The average molecular weight is 217 g/mol. The molecular weight excluding hydrogens is 198 g/mol. The predicted octanol–water partition coefficient (Wildman–Crippen LogP) is -0.285. The van der Waals surface area contributed by atoms with Crippen LogP contribution < -0.4 is 16.8 Å². The SMILES string of the molecule is CCCC(C)(N)C(=O)NCCOC(N)=O. The molecule has 0 radical (unpaired) electrons. The largest absolute Gasteiger partial charge is 0.448 e. The Labute approximate surface area is 89.3 Å². The predicted molar refractivity (Wildman–Crippen MR) is 56.0 cm³/mol. The van der Waals surface area contributed by atoms with Gasteiger partial charge in [-0.15, -0.1) is 0 Å². The van der Waals surface area contributed by atoms with E-state index in [1.165, 1.54) is 0 Å². The molecular formula is C9H19N3O3. The van der Waals surface area contributed by atoms with Gasteiger partial charge in [0.25, 0.3) is 0 Å². The van der Waals surface area contributed by atoms with Gasteiger partial charge in [0, 0.05) is 0 Å². The first-order valence-corrected chi connectivity index (χ1v) is 4.89. The molecule has 0 heterocycles. The number of amides is 2. The van der Waals surface area contributed by atoms with Crippen molar-refractivity contribution in [1.29, 1.82) is 0 Å². The van der Waals surface area contributed by atoms with Gasteiger partial charge in [-0.1, -0.05) is 13.3 Å². The average Bonchev–Trinajstić information content (AvgIpc) is 2.11. The van der Waals surface area contributed by atoms with Crippen molar-refractivity contribution in [3.05, 3.63) is 0 Å². The van der Waals surface area contributed by atoms with Crippen LogP contribution in [0.5, 0.6) is 0 Å². The van der Waals surface area contributed by atoms with E-state index >= 15 is 0 Å². The van der Waals surface area contributed by atoms with Crippen LogP contribution in [0.3, 0.4) is 0 Å². The van der Waals surface area contributed by atoms with Crippen LogP contribution in [-0.4, -0.2) is 30.7 Å². The normalized spacial score (nSPS) is 14.1. The van der Waals surface area contributed by atoms with Gasteiger partial charge in [-0.25, -0.2) is 4.79 Å². The summed E-state index contributed by atoms with van der Waals surface area (Å²) in [6, 6.07) is 0. The summed E-state index contributed by atoms with van der Waals surface area (Å²) < 4.78 is 4.45. The smallest absolute Gasteiger partial charge is 0.404 e. The number of nitrogens with two attached hydrogens (primary N) is 2. The first-order valence-electron chi connectivity index (χ1n) is 4.89. The van der Waals surface area contributed by atoms with Crippen LogP contribution in [0.25, 0.3) is 0 Å². The summed E-state index contributed by atoms with van der Waals surface area (Å²) in [4.78, 5) is 21.7. The molecule has 0 aromatic carbocycles. The van der Waals surface area contributed by atoms with E-state index in [1.54, 1.807) is 6.92 Å². The van der Waals surface area contributed by atoms with Crippen LogP contribution in [0.1, 0.15) is 26.7 Å². The highest BCUT2D eigenvalue weighted by molar-refractivity contribution is 5.85. The van der Waals surface area contributed by atoms with Gasteiger partial charge in [-0.3, -0.25) is 4.79 Å². The zero-order valence-corrected chi connectivity index (χ0v) is 9.21. The highest BCUT2D eigenvalue weighted by Gasteiger charge is 2.26. The van der Waals surface area contributed by atoms with Crippen molar-refractivity contribution in [1.82, 2.24) is 5.32 Å². The van der Waals surface area contributed by atoms with Crippen LogP contribution in [-0.2, 0) is 9.53 Å². The van der Waals surface area contributed by atoms with Crippen molar-refractivity contribution in [3.63, 3.8) is 0 Å². The van der Waals surface area contributed by atoms with Gasteiger partial charge in [0.05, 0.1) is 12.1 Å². The lowest BCUT2D eigenvalue weighted by atomic mass is 9.97. The molecule has 1 atom stereocenters. The van der Waals surface area contributed by atoms with Gasteiger partial charge in [-0.2, -0.15) is 0 Å². The monoisotopic (exact) mass is 217 g/mol. The standard InChI is InChI=1S/C9H19N3O3/c1-3-4-9(2,11)7(13)12-5-6-15-8(10)14/h3-6,11H2,1-2H3,(H2,10,14)(H,12,13). The lowest BCUT2D eigenvalue weighted by Crippen LogP contribution is -2.52. The molecule has 0 aromatic heterocycles. The quantitative estimate of drug-likeness (QED) is 0.531. The Hall–Kier alpha value is -1.30. The second kappa shape index (κ2) is 6.23. The summed E-state index contributed by atoms with van der Waals surface area (Å²) in [7, 11) is 0. The Morgan fingerprint density at radius 2 is 2.07 bits per heavy atom. The number of hydrogen-bond acceptors (Lipinski definition) is 4. The van der Waals surface area contributed by atoms with E-state index in [9.17, 15) is 9.59 Å². The second-order valence-corrected chi connectivity index (χ2v) is 3.59. The lowest BCUT2D eigenvalue weighted by molar-refractivity contribution is -0.126. The molecule has 0 saturated carbocycles. The summed E-state index contributed by atoms with van der Waals surface area (Å²) >= 11 is 0. The molecule has 6 nitrogen and oxygen atoms in total. The molecule has 6 heteroatoms. The molecule has 1 unspecified atom stereocenters.